The van der Waals surface area contributed by atoms with Gasteiger partial charge in [-0.15, -0.1) is 0 Å². The fraction of sp³-hybridized carbons (Fsp3) is 0.409. The number of fused-ring (bicyclic) bond motifs is 1. The maximum atomic E-state index is 13.1. The number of aromatic nitrogens is 4. The number of nitrogens with zero attached hydrogens (tertiary/aromatic N) is 4. The van der Waals surface area contributed by atoms with Gasteiger partial charge in [0.05, 0.1) is 26.5 Å². The molecule has 1 aliphatic carbocycles. The van der Waals surface area contributed by atoms with E-state index in [0.29, 0.717) is 17.3 Å². The molecule has 3 aromatic rings. The second kappa shape index (κ2) is 8.71. The molecule has 2 amide bonds. The van der Waals surface area contributed by atoms with E-state index in [1.165, 1.54) is 5.69 Å². The molecule has 9 nitrogen and oxygen atoms in total. The third-order valence-electron chi connectivity index (χ3n) is 5.78. The first-order valence-corrected chi connectivity index (χ1v) is 10.3. The Hall–Kier alpha value is -3.49. The number of amides is 2. The van der Waals surface area contributed by atoms with Gasteiger partial charge in [0.1, 0.15) is 23.4 Å². The molecule has 2 atom stereocenters. The standard InChI is InChI=1S/C22H28N6O3/c1-27-9-8-23-21(27)20(14-10-15(30-3)12-16(11-14)31-4)26-22(29)25-18-6-5-7-19-17(18)13-24-28(19)2/h8-13,18,20H,5-7H2,1-4H3,(H2,25,26,29). The third kappa shape index (κ3) is 4.21. The molecule has 0 saturated carbocycles. The van der Waals surface area contributed by atoms with Crippen LogP contribution in [0.4, 0.5) is 4.79 Å². The summed E-state index contributed by atoms with van der Waals surface area (Å²) >= 11 is 0. The van der Waals surface area contributed by atoms with E-state index in [4.69, 9.17) is 9.47 Å². The number of ether oxygens (including phenoxy) is 2. The largest absolute Gasteiger partial charge is 0.497 e. The van der Waals surface area contributed by atoms with Crippen LogP contribution >= 0.6 is 0 Å². The Balaban J connectivity index is 1.61. The summed E-state index contributed by atoms with van der Waals surface area (Å²) in [6.07, 6.45) is 8.28. The van der Waals surface area contributed by atoms with Crippen LogP contribution in [0, 0.1) is 0 Å². The zero-order chi connectivity index (χ0) is 22.0. The number of carbonyl (C=O) groups excluding carboxylic acids is 1. The SMILES string of the molecule is COc1cc(OC)cc(C(NC(=O)NC2CCCc3c2cnn3C)c2nccn2C)c1. The van der Waals surface area contributed by atoms with Crippen LogP contribution in [-0.2, 0) is 20.5 Å². The van der Waals surface area contributed by atoms with Gasteiger partial charge in [-0.25, -0.2) is 9.78 Å². The van der Waals surface area contributed by atoms with Crippen LogP contribution in [0.3, 0.4) is 0 Å². The van der Waals surface area contributed by atoms with Gasteiger partial charge in [-0.05, 0) is 37.0 Å². The van der Waals surface area contributed by atoms with Gasteiger partial charge in [-0.2, -0.15) is 5.10 Å². The predicted octanol–water partition coefficient (Wildman–Crippen LogP) is 2.64. The molecule has 1 aliphatic rings. The maximum absolute atomic E-state index is 13.1. The van der Waals surface area contributed by atoms with Gasteiger partial charge in [0, 0.05) is 43.8 Å². The van der Waals surface area contributed by atoms with Crippen molar-refractivity contribution in [3.05, 3.63) is 59.4 Å². The highest BCUT2D eigenvalue weighted by Crippen LogP contribution is 2.31. The van der Waals surface area contributed by atoms with Crippen molar-refractivity contribution in [2.24, 2.45) is 14.1 Å². The zero-order valence-corrected chi connectivity index (χ0v) is 18.3. The molecule has 2 heterocycles. The molecule has 2 unspecified atom stereocenters. The molecular formula is C22H28N6O3. The van der Waals surface area contributed by atoms with Crippen LogP contribution < -0.4 is 20.1 Å². The molecule has 0 spiro atoms. The van der Waals surface area contributed by atoms with Crippen LogP contribution in [0.1, 0.15) is 47.6 Å². The lowest BCUT2D eigenvalue weighted by molar-refractivity contribution is 0.232. The van der Waals surface area contributed by atoms with Gasteiger partial charge in [-0.3, -0.25) is 4.68 Å². The van der Waals surface area contributed by atoms with Crippen molar-refractivity contribution in [2.45, 2.75) is 31.3 Å². The van der Waals surface area contributed by atoms with Crippen LogP contribution in [0.5, 0.6) is 11.5 Å². The summed E-state index contributed by atoms with van der Waals surface area (Å²) in [6.45, 7) is 0. The van der Waals surface area contributed by atoms with E-state index in [-0.39, 0.29) is 12.1 Å². The Morgan fingerprint density at radius 3 is 2.58 bits per heavy atom. The number of aryl methyl sites for hydroxylation is 2. The average Bonchev–Trinajstić information content (AvgIpc) is 3.38. The lowest BCUT2D eigenvalue weighted by atomic mass is 9.93. The smallest absolute Gasteiger partial charge is 0.316 e. The molecule has 0 bridgehead atoms. The summed E-state index contributed by atoms with van der Waals surface area (Å²) in [4.78, 5) is 17.5. The van der Waals surface area contributed by atoms with Gasteiger partial charge < -0.3 is 24.7 Å². The third-order valence-corrected chi connectivity index (χ3v) is 5.78. The summed E-state index contributed by atoms with van der Waals surface area (Å²) in [7, 11) is 7.04. The minimum absolute atomic E-state index is 0.0701. The first kappa shape index (κ1) is 20.8. The molecule has 0 saturated heterocycles. The Bertz CT molecular complexity index is 1050. The number of hydrogen-bond donors (Lipinski definition) is 2. The Morgan fingerprint density at radius 2 is 1.94 bits per heavy atom. The van der Waals surface area contributed by atoms with E-state index in [9.17, 15) is 4.79 Å². The van der Waals surface area contributed by atoms with Crippen molar-refractivity contribution in [2.75, 3.05) is 14.2 Å². The molecule has 164 valence electrons. The van der Waals surface area contributed by atoms with E-state index >= 15 is 0 Å². The minimum atomic E-state index is -0.485. The zero-order valence-electron chi connectivity index (χ0n) is 18.3. The molecule has 0 radical (unpaired) electrons. The number of rotatable bonds is 6. The van der Waals surface area contributed by atoms with Gasteiger partial charge >= 0.3 is 6.03 Å². The molecule has 2 aromatic heterocycles. The first-order valence-electron chi connectivity index (χ1n) is 10.3. The molecule has 9 heteroatoms. The fourth-order valence-electron chi connectivity index (χ4n) is 4.14. The summed E-state index contributed by atoms with van der Waals surface area (Å²) in [5, 5.41) is 10.6. The molecule has 0 fully saturated rings. The van der Waals surface area contributed by atoms with E-state index in [1.807, 2.05) is 47.9 Å². The monoisotopic (exact) mass is 424 g/mol. The summed E-state index contributed by atoms with van der Waals surface area (Å²) in [5.41, 5.74) is 3.07. The molecule has 31 heavy (non-hydrogen) atoms. The Morgan fingerprint density at radius 1 is 1.19 bits per heavy atom. The lowest BCUT2D eigenvalue weighted by Crippen LogP contribution is -2.41. The highest BCUT2D eigenvalue weighted by molar-refractivity contribution is 5.75. The lowest BCUT2D eigenvalue weighted by Gasteiger charge is -2.26. The van der Waals surface area contributed by atoms with Gasteiger partial charge in [0.15, 0.2) is 0 Å². The van der Waals surface area contributed by atoms with Crippen LogP contribution in [0.15, 0.2) is 36.8 Å². The van der Waals surface area contributed by atoms with Crippen molar-refractivity contribution in [3.8, 4) is 11.5 Å². The van der Waals surface area contributed by atoms with E-state index in [0.717, 1.165) is 30.4 Å². The molecule has 4 rings (SSSR count). The topological polar surface area (TPSA) is 95.2 Å². The van der Waals surface area contributed by atoms with Crippen molar-refractivity contribution in [3.63, 3.8) is 0 Å². The summed E-state index contributed by atoms with van der Waals surface area (Å²) in [5.74, 6) is 1.99. The van der Waals surface area contributed by atoms with Gasteiger partial charge in [0.2, 0.25) is 0 Å². The van der Waals surface area contributed by atoms with Crippen molar-refractivity contribution in [1.82, 2.24) is 30.0 Å². The van der Waals surface area contributed by atoms with E-state index in [1.54, 1.807) is 26.5 Å². The number of imidazole rings is 1. The van der Waals surface area contributed by atoms with Crippen LogP contribution in [0.2, 0.25) is 0 Å². The van der Waals surface area contributed by atoms with E-state index in [2.05, 4.69) is 20.7 Å². The van der Waals surface area contributed by atoms with Crippen LogP contribution in [-0.4, -0.2) is 39.6 Å². The maximum Gasteiger partial charge on any atom is 0.316 e. The number of benzene rings is 1. The number of nitrogens with one attached hydrogen (secondary N) is 2. The minimum Gasteiger partial charge on any atom is -0.497 e. The summed E-state index contributed by atoms with van der Waals surface area (Å²) < 4.78 is 14.6. The first-order chi connectivity index (χ1) is 15.0. The number of urea groups is 1. The van der Waals surface area contributed by atoms with Crippen LogP contribution in [0.25, 0.3) is 0 Å². The van der Waals surface area contributed by atoms with Gasteiger partial charge in [0.25, 0.3) is 0 Å². The van der Waals surface area contributed by atoms with Crippen molar-refractivity contribution in [1.29, 1.82) is 0 Å². The summed E-state index contributed by atoms with van der Waals surface area (Å²) in [6, 6.07) is 4.73. The normalized spacial score (nSPS) is 16.3. The van der Waals surface area contributed by atoms with Crippen molar-refractivity contribution >= 4 is 6.03 Å². The van der Waals surface area contributed by atoms with E-state index < -0.39 is 6.04 Å². The highest BCUT2D eigenvalue weighted by Gasteiger charge is 2.27. The predicted molar refractivity (Wildman–Crippen MR) is 115 cm³/mol. The van der Waals surface area contributed by atoms with Crippen molar-refractivity contribution < 1.29 is 14.3 Å². The van der Waals surface area contributed by atoms with Gasteiger partial charge in [-0.1, -0.05) is 0 Å². The average molecular weight is 425 g/mol. The molecule has 2 N–H and O–H groups in total. The fourth-order valence-corrected chi connectivity index (χ4v) is 4.14. The molecule has 0 aliphatic heterocycles. The number of carbonyl (C=O) groups is 1. The Labute approximate surface area is 181 Å². The quantitative estimate of drug-likeness (QED) is 0.634. The molecular weight excluding hydrogens is 396 g/mol. The number of hydrogen-bond acceptors (Lipinski definition) is 5. The second-order valence-electron chi connectivity index (χ2n) is 7.71. The second-order valence-corrected chi connectivity index (χ2v) is 7.71. The molecule has 1 aromatic carbocycles. The Kier molecular flexibility index (Phi) is 5.83. The number of methoxy groups -OCH3 is 2. The highest BCUT2D eigenvalue weighted by atomic mass is 16.5.